The molecule has 0 saturated carbocycles. The molecule has 0 aliphatic rings. The number of rotatable bonds is 2. The fraction of sp³-hybridized carbons (Fsp3) is 0.300. The number of hydrogen-bond donors (Lipinski definition) is 0. The normalized spacial score (nSPS) is 11.8. The first-order valence-electron chi connectivity index (χ1n) is 4.94. The molecule has 0 spiro atoms. The first-order valence-corrected chi connectivity index (χ1v) is 4.94. The maximum absolute atomic E-state index is 12.5. The van der Waals surface area contributed by atoms with E-state index in [0.717, 1.165) is 16.7 Å². The van der Waals surface area contributed by atoms with Crippen LogP contribution in [0.15, 0.2) is 27.6 Å². The largest absolute Gasteiger partial charge is 0.421 e. The lowest BCUT2D eigenvalue weighted by atomic mass is 10.2. The van der Waals surface area contributed by atoms with E-state index in [9.17, 15) is 18.0 Å². The molecule has 0 aliphatic carbocycles. The number of alkyl halides is 3. The van der Waals surface area contributed by atoms with Crippen LogP contribution < -0.4 is 5.56 Å². The van der Waals surface area contributed by atoms with Crippen molar-refractivity contribution in [3.8, 4) is 0 Å². The molecule has 0 bridgehead atoms. The van der Waals surface area contributed by atoms with Gasteiger partial charge in [-0.15, -0.1) is 0 Å². The number of halogens is 3. The molecule has 0 N–H and O–H groups in total. The maximum Gasteiger partial charge on any atom is 0.421 e. The fourth-order valence-corrected chi connectivity index (χ4v) is 1.43. The Hall–Kier alpha value is -2.12. The molecule has 18 heavy (non-hydrogen) atoms. The van der Waals surface area contributed by atoms with Crippen LogP contribution in [0.25, 0.3) is 0 Å². The second kappa shape index (κ2) is 4.28. The Labute approximate surface area is 98.9 Å². The standard InChI is InChI=1S/C10H8F3N3O2/c1-6-14-8(18-15-6)5-16-4-2-3-7(9(16)17)10(11,12)13/h2-4H,5H2,1H3. The van der Waals surface area contributed by atoms with E-state index in [0.29, 0.717) is 5.82 Å². The third kappa shape index (κ3) is 2.41. The quantitative estimate of drug-likeness (QED) is 0.822. The van der Waals surface area contributed by atoms with Crippen LogP contribution in [-0.4, -0.2) is 14.7 Å². The maximum atomic E-state index is 12.5. The van der Waals surface area contributed by atoms with Crippen LogP contribution >= 0.6 is 0 Å². The highest BCUT2D eigenvalue weighted by Gasteiger charge is 2.34. The van der Waals surface area contributed by atoms with Gasteiger partial charge in [-0.2, -0.15) is 18.2 Å². The zero-order chi connectivity index (χ0) is 13.3. The van der Waals surface area contributed by atoms with E-state index in [-0.39, 0.29) is 12.4 Å². The summed E-state index contributed by atoms with van der Waals surface area (Å²) in [5.41, 5.74) is -2.36. The first kappa shape index (κ1) is 12.3. The monoisotopic (exact) mass is 259 g/mol. The van der Waals surface area contributed by atoms with Crippen LogP contribution in [0.3, 0.4) is 0 Å². The number of nitrogens with zero attached hydrogens (tertiary/aromatic N) is 3. The molecule has 5 nitrogen and oxygen atoms in total. The highest BCUT2D eigenvalue weighted by Crippen LogP contribution is 2.25. The zero-order valence-corrected chi connectivity index (χ0v) is 9.23. The van der Waals surface area contributed by atoms with Crippen LogP contribution in [-0.2, 0) is 12.7 Å². The van der Waals surface area contributed by atoms with E-state index in [2.05, 4.69) is 10.1 Å². The summed E-state index contributed by atoms with van der Waals surface area (Å²) in [5.74, 6) is 0.430. The van der Waals surface area contributed by atoms with Crippen LogP contribution in [0.2, 0.25) is 0 Å². The summed E-state index contributed by atoms with van der Waals surface area (Å²) in [6.07, 6.45) is -3.44. The predicted molar refractivity (Wildman–Crippen MR) is 53.8 cm³/mol. The lowest BCUT2D eigenvalue weighted by molar-refractivity contribution is -0.138. The zero-order valence-electron chi connectivity index (χ0n) is 9.23. The number of hydrogen-bond acceptors (Lipinski definition) is 4. The molecule has 2 heterocycles. The van der Waals surface area contributed by atoms with Gasteiger partial charge in [-0.3, -0.25) is 4.79 Å². The third-order valence-corrected chi connectivity index (χ3v) is 2.20. The van der Waals surface area contributed by atoms with Gasteiger partial charge >= 0.3 is 6.18 Å². The summed E-state index contributed by atoms with van der Waals surface area (Å²) in [7, 11) is 0. The van der Waals surface area contributed by atoms with Gasteiger partial charge in [0.25, 0.3) is 5.56 Å². The van der Waals surface area contributed by atoms with Crippen LogP contribution in [0.5, 0.6) is 0 Å². The van der Waals surface area contributed by atoms with Gasteiger partial charge in [-0.1, -0.05) is 5.16 Å². The summed E-state index contributed by atoms with van der Waals surface area (Å²) in [5, 5.41) is 3.49. The van der Waals surface area contributed by atoms with Crippen molar-refractivity contribution in [1.29, 1.82) is 0 Å². The Morgan fingerprint density at radius 3 is 2.72 bits per heavy atom. The molecule has 2 rings (SSSR count). The molecule has 0 unspecified atom stereocenters. The molecule has 2 aromatic heterocycles. The lowest BCUT2D eigenvalue weighted by Gasteiger charge is -2.08. The Bertz CT molecular complexity index is 615. The molecule has 0 saturated heterocycles. The summed E-state index contributed by atoms with van der Waals surface area (Å²) < 4.78 is 43.1. The minimum absolute atomic E-state index is 0.0777. The Morgan fingerprint density at radius 1 is 1.44 bits per heavy atom. The highest BCUT2D eigenvalue weighted by atomic mass is 19.4. The van der Waals surface area contributed by atoms with Crippen molar-refractivity contribution in [3.63, 3.8) is 0 Å². The van der Waals surface area contributed by atoms with Crippen LogP contribution in [0.4, 0.5) is 13.2 Å². The van der Waals surface area contributed by atoms with Crippen molar-refractivity contribution < 1.29 is 17.7 Å². The molecule has 0 radical (unpaired) electrons. The fourth-order valence-electron chi connectivity index (χ4n) is 1.43. The molecule has 0 amide bonds. The highest BCUT2D eigenvalue weighted by molar-refractivity contribution is 5.14. The molecule has 8 heteroatoms. The van der Waals surface area contributed by atoms with Gasteiger partial charge in [0, 0.05) is 6.20 Å². The summed E-state index contributed by atoms with van der Waals surface area (Å²) in [6.45, 7) is 1.38. The Morgan fingerprint density at radius 2 is 2.17 bits per heavy atom. The van der Waals surface area contributed by atoms with Gasteiger partial charge in [0.15, 0.2) is 5.82 Å². The molecular formula is C10H8F3N3O2. The summed E-state index contributed by atoms with van der Waals surface area (Å²) in [4.78, 5) is 15.4. The molecule has 96 valence electrons. The van der Waals surface area contributed by atoms with Gasteiger partial charge in [-0.25, -0.2) is 0 Å². The Balaban J connectivity index is 2.38. The van der Waals surface area contributed by atoms with Crippen LogP contribution in [0.1, 0.15) is 17.3 Å². The van der Waals surface area contributed by atoms with E-state index < -0.39 is 17.3 Å². The SMILES string of the molecule is Cc1noc(Cn2cccc(C(F)(F)F)c2=O)n1. The minimum Gasteiger partial charge on any atom is -0.337 e. The first-order chi connectivity index (χ1) is 8.38. The minimum atomic E-state index is -4.68. The molecule has 2 aromatic rings. The second-order valence-corrected chi connectivity index (χ2v) is 3.59. The predicted octanol–water partition coefficient (Wildman–Crippen LogP) is 1.61. The number of aromatic nitrogens is 3. The van der Waals surface area contributed by atoms with E-state index in [1.54, 1.807) is 6.92 Å². The van der Waals surface area contributed by atoms with E-state index >= 15 is 0 Å². The molecule has 0 aromatic carbocycles. The van der Waals surface area contributed by atoms with Gasteiger partial charge in [-0.05, 0) is 19.1 Å². The smallest absolute Gasteiger partial charge is 0.337 e. The average molecular weight is 259 g/mol. The number of aryl methyl sites for hydroxylation is 1. The molecular weight excluding hydrogens is 251 g/mol. The summed E-state index contributed by atoms with van der Waals surface area (Å²) >= 11 is 0. The van der Waals surface area contributed by atoms with Crippen molar-refractivity contribution >= 4 is 0 Å². The van der Waals surface area contributed by atoms with Gasteiger partial charge < -0.3 is 9.09 Å². The van der Waals surface area contributed by atoms with Gasteiger partial charge in [0.1, 0.15) is 12.1 Å². The molecule has 0 fully saturated rings. The van der Waals surface area contributed by atoms with Crippen molar-refractivity contribution in [1.82, 2.24) is 14.7 Å². The van der Waals surface area contributed by atoms with E-state index in [1.165, 1.54) is 6.20 Å². The molecule has 0 aliphatic heterocycles. The van der Waals surface area contributed by atoms with Crippen molar-refractivity contribution in [3.05, 3.63) is 46.0 Å². The Kier molecular flexibility index (Phi) is 2.93. The topological polar surface area (TPSA) is 60.9 Å². The summed E-state index contributed by atoms with van der Waals surface area (Å²) in [6, 6.07) is 1.88. The second-order valence-electron chi connectivity index (χ2n) is 3.59. The van der Waals surface area contributed by atoms with Crippen molar-refractivity contribution in [2.45, 2.75) is 19.6 Å². The van der Waals surface area contributed by atoms with E-state index in [1.807, 2.05) is 0 Å². The third-order valence-electron chi connectivity index (χ3n) is 2.20. The van der Waals surface area contributed by atoms with Crippen molar-refractivity contribution in [2.24, 2.45) is 0 Å². The molecule has 0 atom stereocenters. The van der Waals surface area contributed by atoms with Crippen LogP contribution in [0, 0.1) is 6.92 Å². The lowest BCUT2D eigenvalue weighted by Crippen LogP contribution is -2.28. The van der Waals surface area contributed by atoms with E-state index in [4.69, 9.17) is 4.52 Å². The van der Waals surface area contributed by atoms with Gasteiger partial charge in [0.05, 0.1) is 0 Å². The number of pyridine rings is 1. The average Bonchev–Trinajstić information content (AvgIpc) is 2.65. The van der Waals surface area contributed by atoms with Gasteiger partial charge in [0.2, 0.25) is 5.89 Å². The van der Waals surface area contributed by atoms with Crippen molar-refractivity contribution in [2.75, 3.05) is 0 Å².